The molecule has 0 unspecified atom stereocenters. The molecule has 1 N–H and O–H groups in total. The smallest absolute Gasteiger partial charge is 0.214 e. The minimum atomic E-state index is -0.471. The molecule has 0 saturated heterocycles. The monoisotopic (exact) mass is 436 g/mol. The average Bonchev–Trinajstić information content (AvgIpc) is 3.24. The Morgan fingerprint density at radius 3 is 2.61 bits per heavy atom. The lowest BCUT2D eigenvalue weighted by atomic mass is 9.95. The minimum absolute atomic E-state index is 0.0739. The van der Waals surface area contributed by atoms with Gasteiger partial charge in [0.05, 0.1) is 26.0 Å². The van der Waals surface area contributed by atoms with Crippen molar-refractivity contribution in [3.63, 3.8) is 0 Å². The molecular formula is C24H21ClN2O4. The number of nitrogens with zero attached hydrogens (tertiary/aromatic N) is 2. The highest BCUT2D eigenvalue weighted by Gasteiger charge is 2.41. The van der Waals surface area contributed by atoms with Gasteiger partial charge in [0.2, 0.25) is 6.23 Å². The van der Waals surface area contributed by atoms with E-state index in [0.717, 1.165) is 22.6 Å². The number of hydrazone groups is 1. The van der Waals surface area contributed by atoms with Crippen LogP contribution in [-0.4, -0.2) is 30.0 Å². The van der Waals surface area contributed by atoms with E-state index in [1.165, 1.54) is 0 Å². The van der Waals surface area contributed by atoms with Gasteiger partial charge < -0.3 is 19.3 Å². The third-order valence-electron chi connectivity index (χ3n) is 5.66. The zero-order chi connectivity index (χ0) is 21.5. The predicted molar refractivity (Wildman–Crippen MR) is 118 cm³/mol. The van der Waals surface area contributed by atoms with Crippen LogP contribution in [0, 0.1) is 0 Å². The molecule has 2 atom stereocenters. The molecule has 2 aliphatic rings. The SMILES string of the molecule is COc1ccc([C@H]2Oc3ccc(Cl)cc3[C@@H]3CC(c4ccccc4O)=NN23)cc1OC. The Kier molecular flexibility index (Phi) is 4.87. The first-order valence-corrected chi connectivity index (χ1v) is 10.3. The van der Waals surface area contributed by atoms with E-state index < -0.39 is 6.23 Å². The highest BCUT2D eigenvalue weighted by atomic mass is 35.5. The van der Waals surface area contributed by atoms with Crippen molar-refractivity contribution in [2.75, 3.05) is 14.2 Å². The summed E-state index contributed by atoms with van der Waals surface area (Å²) in [5, 5.41) is 17.8. The van der Waals surface area contributed by atoms with Crippen LogP contribution < -0.4 is 14.2 Å². The van der Waals surface area contributed by atoms with Crippen molar-refractivity contribution < 1.29 is 19.3 Å². The maximum absolute atomic E-state index is 10.4. The predicted octanol–water partition coefficient (Wildman–Crippen LogP) is 5.31. The van der Waals surface area contributed by atoms with E-state index in [1.807, 2.05) is 53.5 Å². The molecule has 5 rings (SSSR count). The molecule has 0 amide bonds. The molecule has 0 aromatic heterocycles. The van der Waals surface area contributed by atoms with Crippen molar-refractivity contribution in [1.29, 1.82) is 0 Å². The summed E-state index contributed by atoms with van der Waals surface area (Å²) in [6, 6.07) is 18.5. The summed E-state index contributed by atoms with van der Waals surface area (Å²) in [6.07, 6.45) is 0.153. The van der Waals surface area contributed by atoms with Crippen molar-refractivity contribution in [2.45, 2.75) is 18.7 Å². The van der Waals surface area contributed by atoms with E-state index in [-0.39, 0.29) is 11.8 Å². The Labute approximate surface area is 185 Å². The van der Waals surface area contributed by atoms with Crippen LogP contribution in [-0.2, 0) is 0 Å². The summed E-state index contributed by atoms with van der Waals surface area (Å²) in [6.45, 7) is 0. The van der Waals surface area contributed by atoms with Crippen molar-refractivity contribution >= 4 is 17.3 Å². The van der Waals surface area contributed by atoms with Crippen LogP contribution in [0.5, 0.6) is 23.0 Å². The number of phenols is 1. The van der Waals surface area contributed by atoms with Crippen LogP contribution in [0.1, 0.15) is 35.4 Å². The van der Waals surface area contributed by atoms with Gasteiger partial charge in [0.1, 0.15) is 11.5 Å². The molecule has 2 aliphatic heterocycles. The number of rotatable bonds is 4. The van der Waals surface area contributed by atoms with E-state index in [1.54, 1.807) is 26.4 Å². The molecule has 0 saturated carbocycles. The second-order valence-corrected chi connectivity index (χ2v) is 7.87. The number of methoxy groups -OCH3 is 2. The molecule has 2 heterocycles. The molecule has 3 aromatic carbocycles. The fourth-order valence-corrected chi connectivity index (χ4v) is 4.35. The second-order valence-electron chi connectivity index (χ2n) is 7.43. The molecule has 7 heteroatoms. The molecule has 0 radical (unpaired) electrons. The first-order valence-electron chi connectivity index (χ1n) is 9.91. The first-order chi connectivity index (χ1) is 15.1. The number of hydrogen-bond acceptors (Lipinski definition) is 6. The average molecular weight is 437 g/mol. The van der Waals surface area contributed by atoms with Gasteiger partial charge in [-0.2, -0.15) is 5.10 Å². The number of halogens is 1. The van der Waals surface area contributed by atoms with E-state index >= 15 is 0 Å². The van der Waals surface area contributed by atoms with Crippen LogP contribution in [0.25, 0.3) is 0 Å². The molecular weight excluding hydrogens is 416 g/mol. The Bertz CT molecular complexity index is 1180. The van der Waals surface area contributed by atoms with Crippen LogP contribution in [0.15, 0.2) is 65.8 Å². The number of phenolic OH excluding ortho intramolecular Hbond substituents is 1. The van der Waals surface area contributed by atoms with Gasteiger partial charge in [-0.3, -0.25) is 0 Å². The van der Waals surface area contributed by atoms with E-state index in [9.17, 15) is 5.11 Å². The molecule has 0 bridgehead atoms. The third kappa shape index (κ3) is 3.33. The number of fused-ring (bicyclic) bond motifs is 3. The second kappa shape index (κ2) is 7.71. The largest absolute Gasteiger partial charge is 0.507 e. The first kappa shape index (κ1) is 19.6. The molecule has 0 spiro atoms. The Morgan fingerprint density at radius 1 is 1.03 bits per heavy atom. The lowest BCUT2D eigenvalue weighted by molar-refractivity contribution is -0.0191. The number of para-hydroxylation sites is 1. The van der Waals surface area contributed by atoms with Gasteiger partial charge in [-0.15, -0.1) is 0 Å². The summed E-state index contributed by atoms with van der Waals surface area (Å²) in [4.78, 5) is 0. The Morgan fingerprint density at radius 2 is 1.84 bits per heavy atom. The molecule has 158 valence electrons. The van der Waals surface area contributed by atoms with Crippen molar-refractivity contribution in [1.82, 2.24) is 5.01 Å². The van der Waals surface area contributed by atoms with Crippen LogP contribution in [0.4, 0.5) is 0 Å². The van der Waals surface area contributed by atoms with E-state index in [2.05, 4.69) is 0 Å². The topological polar surface area (TPSA) is 63.5 Å². The van der Waals surface area contributed by atoms with Crippen molar-refractivity contribution in [3.05, 3.63) is 82.4 Å². The fourth-order valence-electron chi connectivity index (χ4n) is 4.16. The van der Waals surface area contributed by atoms with Gasteiger partial charge in [-0.25, -0.2) is 5.01 Å². The maximum Gasteiger partial charge on any atom is 0.214 e. The normalized spacial score (nSPS) is 19.2. The number of aromatic hydroxyl groups is 1. The van der Waals surface area contributed by atoms with Gasteiger partial charge in [-0.05, 0) is 48.5 Å². The summed E-state index contributed by atoms with van der Waals surface area (Å²) in [5.41, 5.74) is 3.36. The number of benzene rings is 3. The van der Waals surface area contributed by atoms with Crippen molar-refractivity contribution in [3.8, 4) is 23.0 Å². The molecule has 3 aromatic rings. The Hall–Kier alpha value is -3.38. The van der Waals surface area contributed by atoms with Crippen LogP contribution >= 0.6 is 11.6 Å². The highest BCUT2D eigenvalue weighted by Crippen LogP contribution is 2.49. The summed E-state index contributed by atoms with van der Waals surface area (Å²) in [7, 11) is 3.21. The van der Waals surface area contributed by atoms with E-state index in [4.69, 9.17) is 30.9 Å². The summed E-state index contributed by atoms with van der Waals surface area (Å²) < 4.78 is 17.2. The zero-order valence-corrected chi connectivity index (χ0v) is 17.8. The minimum Gasteiger partial charge on any atom is -0.507 e. The van der Waals surface area contributed by atoms with Gasteiger partial charge in [0.15, 0.2) is 11.5 Å². The summed E-state index contributed by atoms with van der Waals surface area (Å²) in [5.74, 6) is 2.23. The molecule has 6 nitrogen and oxygen atoms in total. The van der Waals surface area contributed by atoms with Crippen LogP contribution in [0.3, 0.4) is 0 Å². The fraction of sp³-hybridized carbons (Fsp3) is 0.208. The van der Waals surface area contributed by atoms with Crippen molar-refractivity contribution in [2.24, 2.45) is 5.10 Å². The van der Waals surface area contributed by atoms with Gasteiger partial charge in [0.25, 0.3) is 0 Å². The quantitative estimate of drug-likeness (QED) is 0.600. The Balaban J connectivity index is 1.62. The lowest BCUT2D eigenvalue weighted by Crippen LogP contribution is -2.33. The highest BCUT2D eigenvalue weighted by molar-refractivity contribution is 6.30. The van der Waals surface area contributed by atoms with Gasteiger partial charge in [-0.1, -0.05) is 23.7 Å². The van der Waals surface area contributed by atoms with Gasteiger partial charge >= 0.3 is 0 Å². The molecule has 0 fully saturated rings. The molecule has 31 heavy (non-hydrogen) atoms. The third-order valence-corrected chi connectivity index (χ3v) is 5.89. The number of hydrogen-bond donors (Lipinski definition) is 1. The van der Waals surface area contributed by atoms with Gasteiger partial charge in [0, 0.05) is 28.1 Å². The molecule has 0 aliphatic carbocycles. The zero-order valence-electron chi connectivity index (χ0n) is 17.1. The number of ether oxygens (including phenoxy) is 3. The van der Waals surface area contributed by atoms with E-state index in [0.29, 0.717) is 28.5 Å². The maximum atomic E-state index is 10.4. The summed E-state index contributed by atoms with van der Waals surface area (Å²) >= 11 is 6.29. The van der Waals surface area contributed by atoms with Crippen LogP contribution in [0.2, 0.25) is 5.02 Å². The standard InChI is InChI=1S/C24H21ClN2O4/c1-29-22-9-7-14(11-23(22)30-2)24-27-19(17-12-15(25)8-10-21(17)31-24)13-18(26-27)16-5-3-4-6-20(16)28/h3-12,19,24,28H,13H2,1-2H3/t19-,24+/m0/s1. The lowest BCUT2D eigenvalue weighted by Gasteiger charge is -2.38.